The van der Waals surface area contributed by atoms with E-state index in [4.69, 9.17) is 14.2 Å². The van der Waals surface area contributed by atoms with Crippen LogP contribution in [0.15, 0.2) is 42.7 Å². The molecule has 124 valence electrons. The summed E-state index contributed by atoms with van der Waals surface area (Å²) in [5, 5.41) is 0.560. The minimum Gasteiger partial charge on any atom is -0.493 e. The fourth-order valence-electron chi connectivity index (χ4n) is 2.44. The van der Waals surface area contributed by atoms with Gasteiger partial charge in [-0.3, -0.25) is 0 Å². The van der Waals surface area contributed by atoms with Crippen molar-refractivity contribution >= 4 is 10.9 Å². The molecule has 1 aromatic heterocycles. The normalized spacial score (nSPS) is 10.6. The Labute approximate surface area is 139 Å². The lowest BCUT2D eigenvalue weighted by Gasteiger charge is -2.11. The van der Waals surface area contributed by atoms with Crippen LogP contribution in [0.2, 0.25) is 0 Å². The molecule has 0 amide bonds. The zero-order chi connectivity index (χ0) is 16.9. The Morgan fingerprint density at radius 1 is 1.00 bits per heavy atom. The average molecular weight is 328 g/mol. The quantitative estimate of drug-likeness (QED) is 0.694. The monoisotopic (exact) mass is 328 g/mol. The molecule has 1 heterocycles. The molecule has 6 heteroatoms. The van der Waals surface area contributed by atoms with E-state index in [1.165, 1.54) is 12.4 Å². The van der Waals surface area contributed by atoms with E-state index in [0.717, 1.165) is 5.56 Å². The first kappa shape index (κ1) is 16.0. The summed E-state index contributed by atoms with van der Waals surface area (Å²) >= 11 is 0. The molecule has 0 atom stereocenters. The van der Waals surface area contributed by atoms with Crippen LogP contribution in [-0.4, -0.2) is 30.8 Å². The first-order valence-corrected chi connectivity index (χ1v) is 7.46. The fraction of sp³-hybridized carbons (Fsp3) is 0.222. The number of fused-ring (bicyclic) bond motifs is 1. The van der Waals surface area contributed by atoms with E-state index in [1.807, 2.05) is 18.2 Å². The highest BCUT2D eigenvalue weighted by Crippen LogP contribution is 2.28. The Hall–Kier alpha value is -2.89. The van der Waals surface area contributed by atoms with Gasteiger partial charge in [-0.15, -0.1) is 0 Å². The Bertz CT molecular complexity index is 855. The van der Waals surface area contributed by atoms with Gasteiger partial charge in [-0.05, 0) is 29.8 Å². The maximum atomic E-state index is 13.7. The number of aromatic nitrogens is 2. The van der Waals surface area contributed by atoms with Gasteiger partial charge in [-0.2, -0.15) is 0 Å². The van der Waals surface area contributed by atoms with Crippen molar-refractivity contribution < 1.29 is 18.6 Å². The van der Waals surface area contributed by atoms with Gasteiger partial charge >= 0.3 is 0 Å². The Morgan fingerprint density at radius 3 is 2.62 bits per heavy atom. The average Bonchev–Trinajstić information content (AvgIpc) is 2.62. The SMILES string of the molecule is COc1ccc(CCOc2ncnc3c(F)cccc23)cc1OC. The second kappa shape index (κ2) is 7.12. The summed E-state index contributed by atoms with van der Waals surface area (Å²) in [6.07, 6.45) is 1.96. The largest absolute Gasteiger partial charge is 0.493 e. The van der Waals surface area contributed by atoms with Crippen LogP contribution in [-0.2, 0) is 6.42 Å². The van der Waals surface area contributed by atoms with Crippen molar-refractivity contribution in [2.24, 2.45) is 0 Å². The summed E-state index contributed by atoms with van der Waals surface area (Å²) in [6, 6.07) is 10.4. The van der Waals surface area contributed by atoms with Crippen molar-refractivity contribution in [3.63, 3.8) is 0 Å². The zero-order valence-corrected chi connectivity index (χ0v) is 13.5. The van der Waals surface area contributed by atoms with E-state index < -0.39 is 0 Å². The molecule has 0 aliphatic heterocycles. The molecule has 0 saturated carbocycles. The molecule has 3 rings (SSSR count). The number of methoxy groups -OCH3 is 2. The minimum atomic E-state index is -0.389. The summed E-state index contributed by atoms with van der Waals surface area (Å²) in [7, 11) is 3.19. The highest BCUT2D eigenvalue weighted by atomic mass is 19.1. The lowest BCUT2D eigenvalue weighted by molar-refractivity contribution is 0.312. The summed E-state index contributed by atoms with van der Waals surface area (Å²) in [5.74, 6) is 1.34. The predicted octanol–water partition coefficient (Wildman–Crippen LogP) is 3.41. The van der Waals surface area contributed by atoms with Crippen LogP contribution >= 0.6 is 0 Å². The molecule has 0 N–H and O–H groups in total. The molecule has 0 fully saturated rings. The number of ether oxygens (including phenoxy) is 3. The van der Waals surface area contributed by atoms with E-state index >= 15 is 0 Å². The van der Waals surface area contributed by atoms with Gasteiger partial charge < -0.3 is 14.2 Å². The van der Waals surface area contributed by atoms with Gasteiger partial charge in [0.1, 0.15) is 17.7 Å². The van der Waals surface area contributed by atoms with Crippen LogP contribution in [0, 0.1) is 5.82 Å². The highest BCUT2D eigenvalue weighted by molar-refractivity contribution is 5.83. The second-order valence-corrected chi connectivity index (χ2v) is 5.10. The molecule has 0 radical (unpaired) electrons. The molecule has 0 aliphatic carbocycles. The smallest absolute Gasteiger partial charge is 0.224 e. The Morgan fingerprint density at radius 2 is 1.83 bits per heavy atom. The lowest BCUT2D eigenvalue weighted by Crippen LogP contribution is -2.04. The van der Waals surface area contributed by atoms with E-state index in [1.54, 1.807) is 26.4 Å². The van der Waals surface area contributed by atoms with Crippen LogP contribution in [0.1, 0.15) is 5.56 Å². The third kappa shape index (κ3) is 3.22. The number of benzene rings is 2. The number of para-hydroxylation sites is 1. The zero-order valence-electron chi connectivity index (χ0n) is 13.5. The number of nitrogens with zero attached hydrogens (tertiary/aromatic N) is 2. The molecule has 3 aromatic rings. The van der Waals surface area contributed by atoms with Gasteiger partial charge in [0.15, 0.2) is 11.5 Å². The molecule has 0 saturated heterocycles. The standard InChI is InChI=1S/C18H17FN2O3/c1-22-15-7-6-12(10-16(15)23-2)8-9-24-18-13-4-3-5-14(19)17(13)20-11-21-18/h3-7,10-11H,8-9H2,1-2H3. The third-order valence-corrected chi connectivity index (χ3v) is 3.66. The first-order chi connectivity index (χ1) is 11.7. The molecule has 0 aliphatic rings. The number of halogens is 1. The summed E-state index contributed by atoms with van der Waals surface area (Å²) in [5.41, 5.74) is 1.30. The summed E-state index contributed by atoms with van der Waals surface area (Å²) in [4.78, 5) is 8.05. The van der Waals surface area contributed by atoms with Crippen LogP contribution in [0.5, 0.6) is 17.4 Å². The van der Waals surface area contributed by atoms with Crippen molar-refractivity contribution in [1.82, 2.24) is 9.97 Å². The predicted molar refractivity (Wildman–Crippen MR) is 88.2 cm³/mol. The number of hydrogen-bond donors (Lipinski definition) is 0. The van der Waals surface area contributed by atoms with E-state index in [0.29, 0.717) is 35.8 Å². The van der Waals surface area contributed by atoms with Crippen molar-refractivity contribution in [3.05, 3.63) is 54.1 Å². The fourth-order valence-corrected chi connectivity index (χ4v) is 2.44. The highest BCUT2D eigenvalue weighted by Gasteiger charge is 2.09. The van der Waals surface area contributed by atoms with Crippen molar-refractivity contribution in [1.29, 1.82) is 0 Å². The van der Waals surface area contributed by atoms with Gasteiger partial charge in [-0.25, -0.2) is 14.4 Å². The third-order valence-electron chi connectivity index (χ3n) is 3.66. The second-order valence-electron chi connectivity index (χ2n) is 5.10. The van der Waals surface area contributed by atoms with E-state index in [2.05, 4.69) is 9.97 Å². The molecule has 0 bridgehead atoms. The maximum absolute atomic E-state index is 13.7. The van der Waals surface area contributed by atoms with Crippen LogP contribution in [0.4, 0.5) is 4.39 Å². The minimum absolute atomic E-state index is 0.258. The Kier molecular flexibility index (Phi) is 4.74. The summed E-state index contributed by atoms with van der Waals surface area (Å²) in [6.45, 7) is 0.401. The summed E-state index contributed by atoms with van der Waals surface area (Å²) < 4.78 is 30.0. The number of rotatable bonds is 6. The Balaban J connectivity index is 1.72. The van der Waals surface area contributed by atoms with Crippen LogP contribution < -0.4 is 14.2 Å². The van der Waals surface area contributed by atoms with Gasteiger partial charge in [0.25, 0.3) is 0 Å². The molecule has 2 aromatic carbocycles. The molecule has 24 heavy (non-hydrogen) atoms. The number of hydrogen-bond acceptors (Lipinski definition) is 5. The van der Waals surface area contributed by atoms with Crippen molar-refractivity contribution in [2.75, 3.05) is 20.8 Å². The van der Waals surface area contributed by atoms with E-state index in [-0.39, 0.29) is 11.3 Å². The van der Waals surface area contributed by atoms with E-state index in [9.17, 15) is 4.39 Å². The molecular weight excluding hydrogens is 311 g/mol. The maximum Gasteiger partial charge on any atom is 0.224 e. The van der Waals surface area contributed by atoms with Gasteiger partial charge in [0.2, 0.25) is 5.88 Å². The molecule has 5 nitrogen and oxygen atoms in total. The first-order valence-electron chi connectivity index (χ1n) is 7.46. The van der Waals surface area contributed by atoms with Crippen molar-refractivity contribution in [3.8, 4) is 17.4 Å². The van der Waals surface area contributed by atoms with Gasteiger partial charge in [-0.1, -0.05) is 12.1 Å². The van der Waals surface area contributed by atoms with Crippen LogP contribution in [0.25, 0.3) is 10.9 Å². The topological polar surface area (TPSA) is 53.5 Å². The molecule has 0 unspecified atom stereocenters. The van der Waals surface area contributed by atoms with Gasteiger partial charge in [0, 0.05) is 6.42 Å². The lowest BCUT2D eigenvalue weighted by atomic mass is 10.1. The molecule has 0 spiro atoms. The molecular formula is C18H17FN2O3. The van der Waals surface area contributed by atoms with Crippen LogP contribution in [0.3, 0.4) is 0 Å². The van der Waals surface area contributed by atoms with Crippen molar-refractivity contribution in [2.45, 2.75) is 6.42 Å². The van der Waals surface area contributed by atoms with Gasteiger partial charge in [0.05, 0.1) is 26.2 Å².